The zero-order valence-electron chi connectivity index (χ0n) is 20.1. The second-order valence-electron chi connectivity index (χ2n) is 8.59. The van der Waals surface area contributed by atoms with Crippen LogP contribution in [0.1, 0.15) is 5.56 Å². The normalized spacial score (nSPS) is 15.1. The van der Waals surface area contributed by atoms with Crippen LogP contribution in [0, 0.1) is 12.1 Å². The number of carbonyl (C=O) groups excluding carboxylic acids is 1. The van der Waals surface area contributed by atoms with E-state index in [0.717, 1.165) is 23.4 Å². The maximum atomic E-state index is 12.8. The van der Waals surface area contributed by atoms with E-state index in [1.165, 1.54) is 6.07 Å². The number of aryl methyl sites for hydroxylation is 1. The van der Waals surface area contributed by atoms with Crippen molar-refractivity contribution < 1.29 is 15.2 Å². The maximum absolute atomic E-state index is 12.8. The summed E-state index contributed by atoms with van der Waals surface area (Å²) < 4.78 is 0. The van der Waals surface area contributed by atoms with Gasteiger partial charge in [0.05, 0.1) is 17.9 Å². The topological polar surface area (TPSA) is 147 Å². The summed E-state index contributed by atoms with van der Waals surface area (Å²) in [4.78, 5) is 25.5. The molecule has 0 spiro atoms. The lowest BCUT2D eigenvalue weighted by Gasteiger charge is -2.33. The summed E-state index contributed by atoms with van der Waals surface area (Å²) in [6.07, 6.45) is 0. The number of nitrogens with one attached hydrogen (secondary N) is 3. The lowest BCUT2D eigenvalue weighted by Crippen LogP contribution is -2.99. The number of nitrogens with zero attached hydrogens (tertiary/aromatic N) is 4. The van der Waals surface area contributed by atoms with Gasteiger partial charge in [-0.05, 0) is 49.9 Å². The highest BCUT2D eigenvalue weighted by Crippen LogP contribution is 2.34. The van der Waals surface area contributed by atoms with Crippen LogP contribution in [0.15, 0.2) is 42.5 Å². The molecule has 1 aliphatic heterocycles. The van der Waals surface area contributed by atoms with Crippen molar-refractivity contribution in [2.45, 2.75) is 6.92 Å². The van der Waals surface area contributed by atoms with Crippen molar-refractivity contribution in [1.82, 2.24) is 14.9 Å². The fraction of sp³-hybridized carbons (Fsp3) is 0.292. The van der Waals surface area contributed by atoms with Crippen molar-refractivity contribution in [3.8, 4) is 11.3 Å². The average molecular weight is 513 g/mol. The average Bonchev–Trinajstić information content (AvgIpc) is 2.82. The SMILES string of the molecule is Cc1cc(Cl)ccc1-c1nc(NCCNc2ccc([NH+]([O-])O)c(N)n2)ccc1N1CCN(C)CC1=O. The van der Waals surface area contributed by atoms with E-state index in [-0.39, 0.29) is 17.4 Å². The Morgan fingerprint density at radius 1 is 1.11 bits per heavy atom. The van der Waals surface area contributed by atoms with E-state index in [4.69, 9.17) is 27.5 Å². The number of nitrogen functional groups attached to an aromatic ring is 1. The maximum Gasteiger partial charge on any atom is 0.241 e. The van der Waals surface area contributed by atoms with Crippen LogP contribution in [-0.2, 0) is 4.79 Å². The molecule has 3 heterocycles. The van der Waals surface area contributed by atoms with Crippen LogP contribution >= 0.6 is 11.6 Å². The minimum absolute atomic E-state index is 0.0315. The number of hydrogen-bond donors (Lipinski definition) is 5. The Morgan fingerprint density at radius 2 is 1.81 bits per heavy atom. The molecule has 1 unspecified atom stereocenters. The lowest BCUT2D eigenvalue weighted by molar-refractivity contribution is -0.990. The first-order chi connectivity index (χ1) is 17.2. The van der Waals surface area contributed by atoms with E-state index in [2.05, 4.69) is 15.6 Å². The van der Waals surface area contributed by atoms with E-state index in [0.29, 0.717) is 48.5 Å². The van der Waals surface area contributed by atoms with Crippen LogP contribution in [0.2, 0.25) is 5.02 Å². The lowest BCUT2D eigenvalue weighted by atomic mass is 10.0. The zero-order chi connectivity index (χ0) is 25.8. The van der Waals surface area contributed by atoms with Crippen molar-refractivity contribution in [2.75, 3.05) is 61.0 Å². The summed E-state index contributed by atoms with van der Waals surface area (Å²) in [6, 6.07) is 12.4. The molecule has 6 N–H and O–H groups in total. The molecular formula is C24H29ClN8O3. The molecule has 0 radical (unpaired) electrons. The number of amides is 1. The van der Waals surface area contributed by atoms with Crippen molar-refractivity contribution in [1.29, 1.82) is 0 Å². The minimum atomic E-state index is -1.12. The Hall–Kier alpha value is -3.48. The summed E-state index contributed by atoms with van der Waals surface area (Å²) in [5, 5.41) is 26.1. The third kappa shape index (κ3) is 5.83. The molecule has 0 bridgehead atoms. The number of benzene rings is 1. The highest BCUT2D eigenvalue weighted by atomic mass is 35.5. The standard InChI is InChI=1S/C24H29ClN8O3/c1-15-13-16(25)3-4-17(15)23-18(32-12-11-31(2)14-22(32)34)5-7-20(29-23)27-9-10-28-21-8-6-19(33(35)36)24(26)30-21/h3-8,13,33,35H,9-12,14H2,1-2H3,(H,27,29)(H3,26,28,30). The number of piperazine rings is 1. The molecule has 2 aromatic heterocycles. The second kappa shape index (κ2) is 11.1. The van der Waals surface area contributed by atoms with Crippen LogP contribution in [0.5, 0.6) is 0 Å². The van der Waals surface area contributed by atoms with Gasteiger partial charge in [-0.2, -0.15) is 5.23 Å². The zero-order valence-corrected chi connectivity index (χ0v) is 20.8. The fourth-order valence-electron chi connectivity index (χ4n) is 4.04. The second-order valence-corrected chi connectivity index (χ2v) is 9.03. The van der Waals surface area contributed by atoms with Gasteiger partial charge in [-0.15, -0.1) is 0 Å². The summed E-state index contributed by atoms with van der Waals surface area (Å²) in [6.45, 7) is 4.70. The molecule has 1 amide bonds. The summed E-state index contributed by atoms with van der Waals surface area (Å²) in [5.41, 5.74) is 9.01. The van der Waals surface area contributed by atoms with Gasteiger partial charge in [0, 0.05) is 42.8 Å². The van der Waals surface area contributed by atoms with Gasteiger partial charge in [-0.25, -0.2) is 15.2 Å². The molecule has 4 rings (SSSR count). The Kier molecular flexibility index (Phi) is 7.87. The Balaban J connectivity index is 1.51. The van der Waals surface area contributed by atoms with Gasteiger partial charge >= 0.3 is 0 Å². The molecular weight excluding hydrogens is 484 g/mol. The van der Waals surface area contributed by atoms with Crippen molar-refractivity contribution >= 4 is 46.3 Å². The van der Waals surface area contributed by atoms with Crippen molar-refractivity contribution in [3.05, 3.63) is 58.3 Å². The Labute approximate surface area is 214 Å². The van der Waals surface area contributed by atoms with E-state index in [1.807, 2.05) is 49.2 Å². The van der Waals surface area contributed by atoms with Crippen LogP contribution in [0.4, 0.5) is 28.8 Å². The van der Waals surface area contributed by atoms with Crippen LogP contribution in [-0.4, -0.2) is 65.8 Å². The third-order valence-electron chi connectivity index (χ3n) is 5.91. The van der Waals surface area contributed by atoms with Crippen LogP contribution in [0.25, 0.3) is 11.3 Å². The molecule has 1 aliphatic rings. The quantitative estimate of drug-likeness (QED) is 0.225. The number of nitrogens with two attached hydrogens (primary N) is 1. The number of hydrogen-bond acceptors (Lipinski definition) is 9. The predicted molar refractivity (Wildman–Crippen MR) is 141 cm³/mol. The van der Waals surface area contributed by atoms with Gasteiger partial charge in [-0.3, -0.25) is 9.69 Å². The molecule has 3 aromatic rings. The third-order valence-corrected chi connectivity index (χ3v) is 6.15. The number of likely N-dealkylation sites (N-methyl/N-ethyl adjacent to an activating group) is 1. The van der Waals surface area contributed by atoms with Gasteiger partial charge in [0.1, 0.15) is 11.6 Å². The van der Waals surface area contributed by atoms with Gasteiger partial charge < -0.3 is 26.5 Å². The van der Waals surface area contributed by atoms with E-state index in [1.54, 1.807) is 11.0 Å². The first-order valence-corrected chi connectivity index (χ1v) is 11.8. The van der Waals surface area contributed by atoms with E-state index < -0.39 is 5.23 Å². The van der Waals surface area contributed by atoms with Gasteiger partial charge in [-0.1, -0.05) is 17.7 Å². The molecule has 11 nitrogen and oxygen atoms in total. The first-order valence-electron chi connectivity index (χ1n) is 11.5. The molecule has 0 saturated carbocycles. The number of anilines is 4. The largest absolute Gasteiger partial charge is 0.595 e. The van der Waals surface area contributed by atoms with Crippen molar-refractivity contribution in [3.63, 3.8) is 0 Å². The highest BCUT2D eigenvalue weighted by Gasteiger charge is 2.26. The number of pyridine rings is 2. The number of rotatable bonds is 8. The number of quaternary nitrogens is 1. The Morgan fingerprint density at radius 3 is 2.44 bits per heavy atom. The minimum Gasteiger partial charge on any atom is -0.595 e. The molecule has 1 saturated heterocycles. The van der Waals surface area contributed by atoms with E-state index in [9.17, 15) is 10.0 Å². The van der Waals surface area contributed by atoms with Crippen molar-refractivity contribution in [2.24, 2.45) is 0 Å². The number of carbonyl (C=O) groups is 1. The summed E-state index contributed by atoms with van der Waals surface area (Å²) >= 11 is 6.18. The molecule has 1 aromatic carbocycles. The van der Waals surface area contributed by atoms with Gasteiger partial charge in [0.25, 0.3) is 0 Å². The van der Waals surface area contributed by atoms with Crippen LogP contribution in [0.3, 0.4) is 0 Å². The molecule has 190 valence electrons. The molecule has 1 atom stereocenters. The monoisotopic (exact) mass is 512 g/mol. The fourth-order valence-corrected chi connectivity index (χ4v) is 4.27. The van der Waals surface area contributed by atoms with Gasteiger partial charge in [0.15, 0.2) is 5.82 Å². The van der Waals surface area contributed by atoms with Crippen LogP contribution < -0.4 is 26.5 Å². The Bertz CT molecular complexity index is 1260. The predicted octanol–water partition coefficient (Wildman–Crippen LogP) is 1.89. The first kappa shape index (κ1) is 25.6. The summed E-state index contributed by atoms with van der Waals surface area (Å²) in [7, 11) is 1.93. The number of aromatic nitrogens is 2. The summed E-state index contributed by atoms with van der Waals surface area (Å²) in [5.74, 6) is 1.12. The number of halogens is 1. The van der Waals surface area contributed by atoms with Gasteiger partial charge in [0.2, 0.25) is 11.6 Å². The molecule has 1 fully saturated rings. The smallest absolute Gasteiger partial charge is 0.241 e. The molecule has 12 heteroatoms. The molecule has 0 aliphatic carbocycles. The van der Waals surface area contributed by atoms with E-state index >= 15 is 0 Å². The molecule has 36 heavy (non-hydrogen) atoms. The highest BCUT2D eigenvalue weighted by molar-refractivity contribution is 6.30.